The smallest absolute Gasteiger partial charge is 0.225 e. The van der Waals surface area contributed by atoms with E-state index in [0.717, 1.165) is 56.1 Å². The van der Waals surface area contributed by atoms with Crippen LogP contribution < -0.4 is 10.6 Å². The van der Waals surface area contributed by atoms with Crippen molar-refractivity contribution < 1.29 is 4.79 Å². The number of aryl methyl sites for hydroxylation is 2. The molecule has 1 aromatic rings. The van der Waals surface area contributed by atoms with Gasteiger partial charge in [-0.15, -0.1) is 0 Å². The molecule has 1 atom stereocenters. The first-order valence-corrected chi connectivity index (χ1v) is 8.74. The van der Waals surface area contributed by atoms with Gasteiger partial charge >= 0.3 is 0 Å². The average molecular weight is 318 g/mol. The number of carbonyl (C=O) groups excluding carboxylic acids is 1. The molecular weight excluding hydrogens is 288 g/mol. The van der Waals surface area contributed by atoms with Crippen LogP contribution in [0.4, 0.5) is 5.95 Å². The predicted molar refractivity (Wildman–Crippen MR) is 93.4 cm³/mol. The fourth-order valence-electron chi connectivity index (χ4n) is 3.40. The van der Waals surface area contributed by atoms with Gasteiger partial charge in [-0.25, -0.2) is 9.97 Å². The van der Waals surface area contributed by atoms with Crippen LogP contribution in [-0.4, -0.2) is 29.0 Å². The molecule has 0 radical (unpaired) electrons. The minimum atomic E-state index is -0.205. The summed E-state index contributed by atoms with van der Waals surface area (Å²) in [5.41, 5.74) is 8.75. The molecule has 1 aliphatic heterocycles. The van der Waals surface area contributed by atoms with Gasteiger partial charge in [0.2, 0.25) is 11.9 Å². The van der Waals surface area contributed by atoms with E-state index in [2.05, 4.69) is 32.6 Å². The van der Waals surface area contributed by atoms with E-state index < -0.39 is 0 Å². The first kappa shape index (κ1) is 17.7. The van der Waals surface area contributed by atoms with Gasteiger partial charge in [-0.2, -0.15) is 0 Å². The number of piperidine rings is 1. The van der Waals surface area contributed by atoms with Crippen LogP contribution in [0.25, 0.3) is 0 Å². The molecule has 23 heavy (non-hydrogen) atoms. The molecule has 128 valence electrons. The Morgan fingerprint density at radius 3 is 2.52 bits per heavy atom. The van der Waals surface area contributed by atoms with Gasteiger partial charge in [0.15, 0.2) is 0 Å². The first-order chi connectivity index (χ1) is 10.9. The van der Waals surface area contributed by atoms with E-state index in [4.69, 9.17) is 15.7 Å². The van der Waals surface area contributed by atoms with Gasteiger partial charge in [0.05, 0.1) is 0 Å². The summed E-state index contributed by atoms with van der Waals surface area (Å²) in [4.78, 5) is 22.8. The van der Waals surface area contributed by atoms with Crippen molar-refractivity contribution in [3.8, 4) is 0 Å². The van der Waals surface area contributed by atoms with Crippen molar-refractivity contribution in [1.82, 2.24) is 9.97 Å². The number of anilines is 1. The van der Waals surface area contributed by atoms with E-state index in [0.29, 0.717) is 18.3 Å². The van der Waals surface area contributed by atoms with Crippen LogP contribution >= 0.6 is 0 Å². The molecule has 5 heteroatoms. The number of carbonyl (C=O) groups is 1. The zero-order chi connectivity index (χ0) is 17.0. The lowest BCUT2D eigenvalue weighted by Gasteiger charge is -2.33. The molecule has 2 N–H and O–H groups in total. The number of hydrogen-bond donors (Lipinski definition) is 1. The lowest BCUT2D eigenvalue weighted by Crippen LogP contribution is -2.37. The fourth-order valence-corrected chi connectivity index (χ4v) is 3.40. The molecule has 5 nitrogen and oxygen atoms in total. The maximum atomic E-state index is 11.0. The molecule has 0 bridgehead atoms. The van der Waals surface area contributed by atoms with Gasteiger partial charge in [0, 0.05) is 30.9 Å². The molecule has 0 saturated carbocycles. The summed E-state index contributed by atoms with van der Waals surface area (Å²) in [7, 11) is 0. The molecule has 0 unspecified atom stereocenters. The van der Waals surface area contributed by atoms with Crippen LogP contribution in [0.1, 0.15) is 56.5 Å². The normalized spacial score (nSPS) is 18.5. The Bertz CT molecular complexity index is 533. The Kier molecular flexibility index (Phi) is 5.97. The van der Waals surface area contributed by atoms with Crippen LogP contribution in [0.5, 0.6) is 0 Å². The lowest BCUT2D eigenvalue weighted by atomic mass is 9.93. The zero-order valence-corrected chi connectivity index (χ0v) is 14.9. The molecular formula is C18H30N4O. The summed E-state index contributed by atoms with van der Waals surface area (Å²) in [6.07, 6.45) is 4.66. The van der Waals surface area contributed by atoms with Crippen molar-refractivity contribution in [3.05, 3.63) is 17.0 Å². The summed E-state index contributed by atoms with van der Waals surface area (Å²) < 4.78 is 0. The standard InChI is InChI=1S/C18H30N4O/c1-12(2)10-16-13(3)20-18(21-14(16)4)22-9-5-6-15(11-22)7-8-17(19)23/h12,15H,5-11H2,1-4H3,(H2,19,23)/t15-/m1/s1. The average Bonchev–Trinajstić information content (AvgIpc) is 2.48. The van der Waals surface area contributed by atoms with E-state index in [1.165, 1.54) is 5.56 Å². The first-order valence-electron chi connectivity index (χ1n) is 8.74. The van der Waals surface area contributed by atoms with Gasteiger partial charge in [-0.1, -0.05) is 13.8 Å². The van der Waals surface area contributed by atoms with Crippen LogP contribution in [0.15, 0.2) is 0 Å². The number of nitrogens with two attached hydrogens (primary N) is 1. The predicted octanol–water partition coefficient (Wildman–Crippen LogP) is 2.77. The highest BCUT2D eigenvalue weighted by molar-refractivity contribution is 5.73. The van der Waals surface area contributed by atoms with Gasteiger partial charge < -0.3 is 10.6 Å². The molecule has 0 aromatic carbocycles. The fraction of sp³-hybridized carbons (Fsp3) is 0.722. The van der Waals surface area contributed by atoms with E-state index >= 15 is 0 Å². The molecule has 0 spiro atoms. The largest absolute Gasteiger partial charge is 0.370 e. The maximum absolute atomic E-state index is 11.0. The highest BCUT2D eigenvalue weighted by Gasteiger charge is 2.23. The minimum absolute atomic E-state index is 0.205. The highest BCUT2D eigenvalue weighted by atomic mass is 16.1. The van der Waals surface area contributed by atoms with Gasteiger partial charge in [0.25, 0.3) is 0 Å². The van der Waals surface area contributed by atoms with E-state index in [9.17, 15) is 4.79 Å². The number of hydrogen-bond acceptors (Lipinski definition) is 4. The summed E-state index contributed by atoms with van der Waals surface area (Å²) in [5.74, 6) is 1.75. The molecule has 1 aliphatic rings. The second-order valence-corrected chi connectivity index (χ2v) is 7.23. The maximum Gasteiger partial charge on any atom is 0.225 e. The molecule has 1 fully saturated rings. The van der Waals surface area contributed by atoms with Crippen molar-refractivity contribution in [2.24, 2.45) is 17.6 Å². The van der Waals surface area contributed by atoms with Crippen molar-refractivity contribution in [3.63, 3.8) is 0 Å². The summed E-state index contributed by atoms with van der Waals surface area (Å²) in [6, 6.07) is 0. The van der Waals surface area contributed by atoms with Crippen molar-refractivity contribution >= 4 is 11.9 Å². The zero-order valence-electron chi connectivity index (χ0n) is 14.9. The molecule has 2 rings (SSSR count). The summed E-state index contributed by atoms with van der Waals surface area (Å²) >= 11 is 0. The Morgan fingerprint density at radius 1 is 1.30 bits per heavy atom. The quantitative estimate of drug-likeness (QED) is 0.875. The molecule has 1 saturated heterocycles. The van der Waals surface area contributed by atoms with Gasteiger partial charge in [-0.3, -0.25) is 4.79 Å². The number of rotatable bonds is 6. The molecule has 0 aliphatic carbocycles. The highest BCUT2D eigenvalue weighted by Crippen LogP contribution is 2.25. The van der Waals surface area contributed by atoms with Crippen LogP contribution in [0.2, 0.25) is 0 Å². The molecule has 1 aromatic heterocycles. The number of amides is 1. The third-order valence-electron chi connectivity index (χ3n) is 4.62. The molecule has 2 heterocycles. The van der Waals surface area contributed by atoms with E-state index in [1.54, 1.807) is 0 Å². The van der Waals surface area contributed by atoms with E-state index in [-0.39, 0.29) is 5.91 Å². The van der Waals surface area contributed by atoms with Crippen molar-refractivity contribution in [1.29, 1.82) is 0 Å². The monoisotopic (exact) mass is 318 g/mol. The SMILES string of the molecule is Cc1nc(N2CCC[C@H](CCC(N)=O)C2)nc(C)c1CC(C)C. The van der Waals surface area contributed by atoms with Gasteiger partial charge in [-0.05, 0) is 56.9 Å². The second kappa shape index (κ2) is 7.75. The Hall–Kier alpha value is -1.65. The number of primary amides is 1. The Morgan fingerprint density at radius 2 is 1.96 bits per heavy atom. The van der Waals surface area contributed by atoms with Crippen LogP contribution in [0, 0.1) is 25.7 Å². The number of nitrogens with zero attached hydrogens (tertiary/aromatic N) is 3. The Labute approximate surface area is 139 Å². The van der Waals surface area contributed by atoms with Gasteiger partial charge in [0.1, 0.15) is 0 Å². The Balaban J connectivity index is 2.10. The lowest BCUT2D eigenvalue weighted by molar-refractivity contribution is -0.118. The van der Waals surface area contributed by atoms with Crippen molar-refractivity contribution in [2.75, 3.05) is 18.0 Å². The minimum Gasteiger partial charge on any atom is -0.370 e. The summed E-state index contributed by atoms with van der Waals surface area (Å²) in [6.45, 7) is 10.5. The summed E-state index contributed by atoms with van der Waals surface area (Å²) in [5, 5.41) is 0. The van der Waals surface area contributed by atoms with Crippen molar-refractivity contribution in [2.45, 2.75) is 59.8 Å². The van der Waals surface area contributed by atoms with Crippen LogP contribution in [-0.2, 0) is 11.2 Å². The second-order valence-electron chi connectivity index (χ2n) is 7.23. The third-order valence-corrected chi connectivity index (χ3v) is 4.62. The topological polar surface area (TPSA) is 72.1 Å². The van der Waals surface area contributed by atoms with E-state index in [1.807, 2.05) is 0 Å². The van der Waals surface area contributed by atoms with Crippen LogP contribution in [0.3, 0.4) is 0 Å². The number of aromatic nitrogens is 2. The third kappa shape index (κ3) is 4.91. The molecule has 1 amide bonds.